The van der Waals surface area contributed by atoms with E-state index in [0.717, 1.165) is 7.11 Å². The summed E-state index contributed by atoms with van der Waals surface area (Å²) in [6, 6.07) is -1.85. The number of hydrazine groups is 1. The van der Waals surface area contributed by atoms with Crippen LogP contribution in [0.4, 0.5) is 13.2 Å². The van der Waals surface area contributed by atoms with Crippen molar-refractivity contribution in [3.05, 3.63) is 0 Å². The molecule has 1 aliphatic rings. The average molecular weight is 212 g/mol. The summed E-state index contributed by atoms with van der Waals surface area (Å²) in [5, 5.41) is 1.24. The van der Waals surface area contributed by atoms with Crippen molar-refractivity contribution in [2.45, 2.75) is 12.2 Å². The molecule has 7 heteroatoms. The molecule has 2 atom stereocenters. The van der Waals surface area contributed by atoms with Crippen LogP contribution in [0.3, 0.4) is 0 Å². The summed E-state index contributed by atoms with van der Waals surface area (Å²) in [6.45, 7) is -0.00313. The number of rotatable bonds is 1. The van der Waals surface area contributed by atoms with Crippen molar-refractivity contribution in [3.63, 3.8) is 0 Å². The number of ether oxygens (including phenoxy) is 1. The molecule has 0 aromatic carbocycles. The highest BCUT2D eigenvalue weighted by molar-refractivity contribution is 5.74. The Labute approximate surface area is 79.0 Å². The van der Waals surface area contributed by atoms with Gasteiger partial charge in [0.1, 0.15) is 6.04 Å². The van der Waals surface area contributed by atoms with Crippen molar-refractivity contribution < 1.29 is 22.7 Å². The number of nitrogens with one attached hydrogen (secondary N) is 1. The van der Waals surface area contributed by atoms with Crippen molar-refractivity contribution in [1.82, 2.24) is 10.4 Å². The number of alkyl halides is 3. The second-order valence-electron chi connectivity index (χ2n) is 3.16. The molecule has 0 saturated carbocycles. The molecule has 2 unspecified atom stereocenters. The molecule has 4 nitrogen and oxygen atoms in total. The SMILES string of the molecule is COC(=O)C1CN(C)NC1C(F)(F)F. The molecule has 1 heterocycles. The molecule has 0 amide bonds. The molecule has 14 heavy (non-hydrogen) atoms. The first-order valence-electron chi connectivity index (χ1n) is 3.98. The van der Waals surface area contributed by atoms with Gasteiger partial charge in [-0.15, -0.1) is 0 Å². The van der Waals surface area contributed by atoms with Crippen LogP contribution in [-0.2, 0) is 9.53 Å². The molecule has 1 fully saturated rings. The van der Waals surface area contributed by atoms with Gasteiger partial charge < -0.3 is 4.74 Å². The van der Waals surface area contributed by atoms with Gasteiger partial charge in [0.2, 0.25) is 0 Å². The van der Waals surface area contributed by atoms with E-state index in [4.69, 9.17) is 0 Å². The van der Waals surface area contributed by atoms with Crippen molar-refractivity contribution in [3.8, 4) is 0 Å². The van der Waals surface area contributed by atoms with Crippen LogP contribution >= 0.6 is 0 Å². The van der Waals surface area contributed by atoms with E-state index < -0.39 is 24.1 Å². The number of hydrogen-bond donors (Lipinski definition) is 1. The van der Waals surface area contributed by atoms with Crippen LogP contribution in [0.25, 0.3) is 0 Å². The Morgan fingerprint density at radius 3 is 2.57 bits per heavy atom. The van der Waals surface area contributed by atoms with E-state index in [9.17, 15) is 18.0 Å². The first kappa shape index (κ1) is 11.3. The second kappa shape index (κ2) is 3.74. The van der Waals surface area contributed by atoms with Gasteiger partial charge in [0, 0.05) is 13.6 Å². The third-order valence-corrected chi connectivity index (χ3v) is 2.09. The van der Waals surface area contributed by atoms with Gasteiger partial charge in [-0.3, -0.25) is 4.79 Å². The molecule has 0 bridgehead atoms. The predicted octanol–water partition coefficient (Wildman–Crippen LogP) is 0.156. The van der Waals surface area contributed by atoms with E-state index in [1.165, 1.54) is 12.1 Å². The summed E-state index contributed by atoms with van der Waals surface area (Å²) in [6.07, 6.45) is -4.44. The zero-order valence-electron chi connectivity index (χ0n) is 7.76. The van der Waals surface area contributed by atoms with Gasteiger partial charge in [-0.1, -0.05) is 0 Å². The van der Waals surface area contributed by atoms with E-state index in [2.05, 4.69) is 10.2 Å². The summed E-state index contributed by atoms with van der Waals surface area (Å²) in [7, 11) is 2.52. The maximum Gasteiger partial charge on any atom is 0.406 e. The van der Waals surface area contributed by atoms with Crippen LogP contribution in [0.15, 0.2) is 0 Å². The fourth-order valence-corrected chi connectivity index (χ4v) is 1.44. The molecule has 0 aromatic rings. The molecule has 1 aliphatic heterocycles. The monoisotopic (exact) mass is 212 g/mol. The molecule has 0 radical (unpaired) electrons. The first-order chi connectivity index (χ1) is 6.36. The van der Waals surface area contributed by atoms with E-state index in [1.54, 1.807) is 0 Å². The quantitative estimate of drug-likeness (QED) is 0.628. The molecule has 82 valence electrons. The average Bonchev–Trinajstić information content (AvgIpc) is 2.45. The first-order valence-corrected chi connectivity index (χ1v) is 3.98. The van der Waals surface area contributed by atoms with Crippen LogP contribution < -0.4 is 5.43 Å². The highest BCUT2D eigenvalue weighted by Gasteiger charge is 2.52. The van der Waals surface area contributed by atoms with Gasteiger partial charge in [-0.05, 0) is 0 Å². The maximum absolute atomic E-state index is 12.4. The van der Waals surface area contributed by atoms with Gasteiger partial charge in [0.15, 0.2) is 0 Å². The van der Waals surface area contributed by atoms with Crippen LogP contribution in [0, 0.1) is 5.92 Å². The third-order valence-electron chi connectivity index (χ3n) is 2.09. The number of carbonyl (C=O) groups excluding carboxylic acids is 1. The molecule has 0 spiro atoms. The number of esters is 1. The van der Waals surface area contributed by atoms with Crippen LogP contribution in [0.5, 0.6) is 0 Å². The topological polar surface area (TPSA) is 41.6 Å². The van der Waals surface area contributed by atoms with Crippen LogP contribution in [0.2, 0.25) is 0 Å². The lowest BCUT2D eigenvalue weighted by atomic mass is 10.0. The molecular formula is C7H11F3N2O2. The Morgan fingerprint density at radius 2 is 2.14 bits per heavy atom. The third kappa shape index (κ3) is 2.16. The Morgan fingerprint density at radius 1 is 1.57 bits per heavy atom. The fraction of sp³-hybridized carbons (Fsp3) is 0.857. The molecular weight excluding hydrogens is 201 g/mol. The summed E-state index contributed by atoms with van der Waals surface area (Å²) in [4.78, 5) is 11.0. The Bertz CT molecular complexity index is 231. The highest BCUT2D eigenvalue weighted by atomic mass is 19.4. The Hall–Kier alpha value is -0.820. The van der Waals surface area contributed by atoms with Crippen LogP contribution in [0.1, 0.15) is 0 Å². The maximum atomic E-state index is 12.4. The summed E-state index contributed by atoms with van der Waals surface area (Å²) in [5.74, 6) is -2.03. The standard InChI is InChI=1S/C7H11F3N2O2/c1-12-3-4(6(13)14-2)5(11-12)7(8,9)10/h4-5,11H,3H2,1-2H3. The highest BCUT2D eigenvalue weighted by Crippen LogP contribution is 2.30. The number of methoxy groups -OCH3 is 1. The van der Waals surface area contributed by atoms with E-state index in [0.29, 0.717) is 0 Å². The molecule has 1 rings (SSSR count). The summed E-state index contributed by atoms with van der Waals surface area (Å²) >= 11 is 0. The van der Waals surface area contributed by atoms with Crippen molar-refractivity contribution in [2.24, 2.45) is 5.92 Å². The number of carbonyl (C=O) groups is 1. The lowest BCUT2D eigenvalue weighted by molar-refractivity contribution is -0.175. The van der Waals surface area contributed by atoms with E-state index in [-0.39, 0.29) is 6.54 Å². The van der Waals surface area contributed by atoms with Crippen molar-refractivity contribution in [2.75, 3.05) is 20.7 Å². The van der Waals surface area contributed by atoms with Crippen molar-refractivity contribution >= 4 is 5.97 Å². The van der Waals surface area contributed by atoms with E-state index >= 15 is 0 Å². The van der Waals surface area contributed by atoms with Crippen molar-refractivity contribution in [1.29, 1.82) is 0 Å². The number of halogens is 3. The normalized spacial score (nSPS) is 29.2. The smallest absolute Gasteiger partial charge is 0.406 e. The summed E-state index contributed by atoms with van der Waals surface area (Å²) < 4.78 is 41.5. The van der Waals surface area contributed by atoms with Crippen LogP contribution in [-0.4, -0.2) is 43.9 Å². The zero-order chi connectivity index (χ0) is 10.9. The summed E-state index contributed by atoms with van der Waals surface area (Å²) in [5.41, 5.74) is 2.17. The number of nitrogens with zero attached hydrogens (tertiary/aromatic N) is 1. The Kier molecular flexibility index (Phi) is 3.01. The molecule has 1 saturated heterocycles. The molecule has 1 N–H and O–H groups in total. The zero-order valence-corrected chi connectivity index (χ0v) is 7.76. The Balaban J connectivity index is 2.78. The minimum atomic E-state index is -4.44. The minimum absolute atomic E-state index is 0.00313. The lowest BCUT2D eigenvalue weighted by Crippen LogP contribution is -2.46. The predicted molar refractivity (Wildman–Crippen MR) is 41.1 cm³/mol. The molecule has 0 aromatic heterocycles. The van der Waals surface area contributed by atoms with Gasteiger partial charge in [0.05, 0.1) is 13.0 Å². The van der Waals surface area contributed by atoms with E-state index in [1.807, 2.05) is 0 Å². The fourth-order valence-electron chi connectivity index (χ4n) is 1.44. The molecule has 0 aliphatic carbocycles. The van der Waals surface area contributed by atoms with Gasteiger partial charge in [0.25, 0.3) is 0 Å². The largest absolute Gasteiger partial charge is 0.469 e. The number of hydrogen-bond acceptors (Lipinski definition) is 4. The second-order valence-corrected chi connectivity index (χ2v) is 3.16. The van der Waals surface area contributed by atoms with Gasteiger partial charge >= 0.3 is 12.1 Å². The van der Waals surface area contributed by atoms with Gasteiger partial charge in [-0.2, -0.15) is 13.2 Å². The lowest BCUT2D eigenvalue weighted by Gasteiger charge is -2.19. The minimum Gasteiger partial charge on any atom is -0.469 e. The van der Waals surface area contributed by atoms with Gasteiger partial charge in [-0.25, -0.2) is 10.4 Å².